The number of rotatable bonds is 5. The number of carbonyl (C=O) groups is 1. The molecule has 1 aromatic carbocycles. The number of hydrogen-bond donors (Lipinski definition) is 1. The van der Waals surface area contributed by atoms with Crippen molar-refractivity contribution in [3.63, 3.8) is 0 Å². The largest absolute Gasteiger partial charge is 0.357 e. The maximum Gasteiger partial charge on any atom is 0.222 e. The van der Waals surface area contributed by atoms with Crippen LogP contribution in [0.3, 0.4) is 0 Å². The van der Waals surface area contributed by atoms with Crippen molar-refractivity contribution in [1.29, 1.82) is 0 Å². The Morgan fingerprint density at radius 1 is 1.12 bits per heavy atom. The fourth-order valence-corrected chi connectivity index (χ4v) is 3.46. The molecular formula is C19H29IN4O. The highest BCUT2D eigenvalue weighted by atomic mass is 127. The molecule has 2 saturated heterocycles. The van der Waals surface area contributed by atoms with Gasteiger partial charge in [-0.2, -0.15) is 0 Å². The topological polar surface area (TPSA) is 47.9 Å². The lowest BCUT2D eigenvalue weighted by atomic mass is 10.1. The quantitative estimate of drug-likeness (QED) is 0.421. The summed E-state index contributed by atoms with van der Waals surface area (Å²) in [6.07, 6.45) is 4.18. The summed E-state index contributed by atoms with van der Waals surface area (Å²) in [7, 11) is 0. The predicted octanol–water partition coefficient (Wildman–Crippen LogP) is 2.99. The molecule has 3 rings (SSSR count). The molecule has 138 valence electrons. The van der Waals surface area contributed by atoms with Crippen molar-refractivity contribution < 1.29 is 4.79 Å². The maximum absolute atomic E-state index is 11.9. The second-order valence-corrected chi connectivity index (χ2v) is 6.55. The van der Waals surface area contributed by atoms with Crippen LogP contribution in [-0.4, -0.2) is 47.8 Å². The Balaban J connectivity index is 0.00000225. The van der Waals surface area contributed by atoms with E-state index in [-0.39, 0.29) is 29.9 Å². The van der Waals surface area contributed by atoms with Gasteiger partial charge in [-0.3, -0.25) is 4.79 Å². The standard InChI is InChI=1S/C19H28N4O.HI/c1-2-20-19(22-11-5-6-12-22)21-14-16-8-3-4-9-17(16)15-23-13-7-10-18(23)24;/h3-4,8-9H,2,5-7,10-15H2,1H3,(H,20,21);1H. The van der Waals surface area contributed by atoms with E-state index in [4.69, 9.17) is 4.99 Å². The molecule has 0 radical (unpaired) electrons. The molecule has 2 fully saturated rings. The Labute approximate surface area is 167 Å². The summed E-state index contributed by atoms with van der Waals surface area (Å²) in [5.41, 5.74) is 2.43. The van der Waals surface area contributed by atoms with E-state index in [2.05, 4.69) is 41.4 Å². The number of carbonyl (C=O) groups excluding carboxylic acids is 1. The molecule has 0 atom stereocenters. The lowest BCUT2D eigenvalue weighted by Crippen LogP contribution is -2.39. The zero-order valence-electron chi connectivity index (χ0n) is 15.0. The minimum absolute atomic E-state index is 0. The van der Waals surface area contributed by atoms with Gasteiger partial charge in [-0.25, -0.2) is 4.99 Å². The molecule has 1 N–H and O–H groups in total. The van der Waals surface area contributed by atoms with Gasteiger partial charge in [0.05, 0.1) is 6.54 Å². The van der Waals surface area contributed by atoms with Crippen molar-refractivity contribution >= 4 is 35.8 Å². The van der Waals surface area contributed by atoms with Crippen molar-refractivity contribution in [2.45, 2.75) is 45.7 Å². The number of nitrogens with zero attached hydrogens (tertiary/aromatic N) is 3. The Morgan fingerprint density at radius 3 is 2.48 bits per heavy atom. The Kier molecular flexibility index (Phi) is 7.99. The number of halogens is 1. The second kappa shape index (κ2) is 9.99. The maximum atomic E-state index is 11.9. The van der Waals surface area contributed by atoms with Crippen molar-refractivity contribution in [2.24, 2.45) is 4.99 Å². The van der Waals surface area contributed by atoms with Crippen molar-refractivity contribution in [3.05, 3.63) is 35.4 Å². The minimum Gasteiger partial charge on any atom is -0.357 e. The summed E-state index contributed by atoms with van der Waals surface area (Å²) in [6, 6.07) is 8.36. The molecule has 0 spiro atoms. The molecular weight excluding hydrogens is 427 g/mol. The molecule has 6 heteroatoms. The fourth-order valence-electron chi connectivity index (χ4n) is 3.46. The predicted molar refractivity (Wildman–Crippen MR) is 112 cm³/mol. The van der Waals surface area contributed by atoms with Gasteiger partial charge in [0.2, 0.25) is 5.91 Å². The number of amides is 1. The number of guanidine groups is 1. The van der Waals surface area contributed by atoms with Crippen LogP contribution in [0.5, 0.6) is 0 Å². The Bertz CT molecular complexity index is 599. The van der Waals surface area contributed by atoms with Gasteiger partial charge in [0, 0.05) is 39.1 Å². The Hall–Kier alpha value is -1.31. The van der Waals surface area contributed by atoms with Gasteiger partial charge in [0.1, 0.15) is 0 Å². The highest BCUT2D eigenvalue weighted by Crippen LogP contribution is 2.18. The summed E-state index contributed by atoms with van der Waals surface area (Å²) in [5.74, 6) is 1.29. The van der Waals surface area contributed by atoms with Gasteiger partial charge < -0.3 is 15.1 Å². The summed E-state index contributed by atoms with van der Waals surface area (Å²) in [4.78, 5) is 21.1. The molecule has 25 heavy (non-hydrogen) atoms. The summed E-state index contributed by atoms with van der Waals surface area (Å²) >= 11 is 0. The van der Waals surface area contributed by atoms with Gasteiger partial charge in [-0.15, -0.1) is 24.0 Å². The molecule has 0 bridgehead atoms. The molecule has 1 aromatic rings. The first kappa shape index (κ1) is 20.0. The molecule has 1 amide bonds. The van der Waals surface area contributed by atoms with Crippen LogP contribution in [0.2, 0.25) is 0 Å². The van der Waals surface area contributed by atoms with Crippen LogP contribution in [0.15, 0.2) is 29.3 Å². The van der Waals surface area contributed by atoms with Gasteiger partial charge in [-0.05, 0) is 37.3 Å². The van der Waals surface area contributed by atoms with Crippen LogP contribution in [0.25, 0.3) is 0 Å². The van der Waals surface area contributed by atoms with E-state index in [1.807, 2.05) is 4.90 Å². The summed E-state index contributed by atoms with van der Waals surface area (Å²) < 4.78 is 0. The molecule has 0 unspecified atom stereocenters. The molecule has 0 saturated carbocycles. The van der Waals surface area contributed by atoms with E-state index in [1.54, 1.807) is 0 Å². The zero-order valence-corrected chi connectivity index (χ0v) is 17.4. The number of aliphatic imine (C=N–C) groups is 1. The Morgan fingerprint density at radius 2 is 1.84 bits per heavy atom. The highest BCUT2D eigenvalue weighted by molar-refractivity contribution is 14.0. The van der Waals surface area contributed by atoms with Crippen LogP contribution in [0, 0.1) is 0 Å². The SMILES string of the molecule is CCNC(=NCc1ccccc1CN1CCCC1=O)N1CCCC1.I. The van der Waals surface area contributed by atoms with Gasteiger partial charge in [0.25, 0.3) is 0 Å². The highest BCUT2D eigenvalue weighted by Gasteiger charge is 2.21. The molecule has 2 heterocycles. The zero-order chi connectivity index (χ0) is 16.8. The van der Waals surface area contributed by atoms with Crippen LogP contribution in [-0.2, 0) is 17.9 Å². The lowest BCUT2D eigenvalue weighted by molar-refractivity contribution is -0.128. The summed E-state index contributed by atoms with van der Waals surface area (Å²) in [6.45, 7) is 7.44. The minimum atomic E-state index is 0. The van der Waals surface area contributed by atoms with E-state index in [0.29, 0.717) is 19.5 Å². The van der Waals surface area contributed by atoms with E-state index < -0.39 is 0 Å². The molecule has 2 aliphatic heterocycles. The number of benzene rings is 1. The molecule has 0 aromatic heterocycles. The van der Waals surface area contributed by atoms with Crippen molar-refractivity contribution in [1.82, 2.24) is 15.1 Å². The third-order valence-corrected chi connectivity index (χ3v) is 4.79. The molecule has 0 aliphatic carbocycles. The lowest BCUT2D eigenvalue weighted by Gasteiger charge is -2.21. The number of likely N-dealkylation sites (tertiary alicyclic amines) is 2. The fraction of sp³-hybridized carbons (Fsp3) is 0.579. The van der Waals surface area contributed by atoms with Crippen molar-refractivity contribution in [2.75, 3.05) is 26.2 Å². The first-order valence-corrected chi connectivity index (χ1v) is 9.15. The second-order valence-electron chi connectivity index (χ2n) is 6.55. The average Bonchev–Trinajstić information content (AvgIpc) is 3.25. The van der Waals surface area contributed by atoms with Crippen molar-refractivity contribution in [3.8, 4) is 0 Å². The first-order chi connectivity index (χ1) is 11.8. The van der Waals surface area contributed by atoms with Crippen LogP contribution in [0.4, 0.5) is 0 Å². The number of nitrogens with one attached hydrogen (secondary N) is 1. The third-order valence-electron chi connectivity index (χ3n) is 4.79. The normalized spacial score (nSPS) is 17.8. The molecule has 2 aliphatic rings. The van der Waals surface area contributed by atoms with Gasteiger partial charge >= 0.3 is 0 Å². The van der Waals surface area contributed by atoms with Gasteiger partial charge in [0.15, 0.2) is 5.96 Å². The molecule has 5 nitrogen and oxygen atoms in total. The van der Waals surface area contributed by atoms with E-state index in [0.717, 1.165) is 38.6 Å². The van der Waals surface area contributed by atoms with Crippen LogP contribution in [0.1, 0.15) is 43.7 Å². The van der Waals surface area contributed by atoms with Crippen LogP contribution < -0.4 is 5.32 Å². The summed E-state index contributed by atoms with van der Waals surface area (Å²) in [5, 5.41) is 3.41. The first-order valence-electron chi connectivity index (χ1n) is 9.15. The monoisotopic (exact) mass is 456 g/mol. The van der Waals surface area contributed by atoms with Gasteiger partial charge in [-0.1, -0.05) is 24.3 Å². The van der Waals surface area contributed by atoms with E-state index in [1.165, 1.54) is 24.0 Å². The smallest absolute Gasteiger partial charge is 0.222 e. The average molecular weight is 456 g/mol. The van der Waals surface area contributed by atoms with Crippen LogP contribution >= 0.6 is 24.0 Å². The number of hydrogen-bond acceptors (Lipinski definition) is 2. The third kappa shape index (κ3) is 5.33. The van der Waals surface area contributed by atoms with E-state index in [9.17, 15) is 4.79 Å². The van der Waals surface area contributed by atoms with E-state index >= 15 is 0 Å².